The van der Waals surface area contributed by atoms with Gasteiger partial charge >= 0.3 is 5.97 Å². The molecule has 16 heavy (non-hydrogen) atoms. The van der Waals surface area contributed by atoms with Crippen LogP contribution in [0.5, 0.6) is 0 Å². The number of rotatable bonds is 3. The summed E-state index contributed by atoms with van der Waals surface area (Å²) in [6.45, 7) is 3.13. The molecule has 86 valence electrons. The minimum absolute atomic E-state index is 0.271. The summed E-state index contributed by atoms with van der Waals surface area (Å²) in [5, 5.41) is 2.93. The molecule has 1 aromatic rings. The third-order valence-electron chi connectivity index (χ3n) is 2.56. The van der Waals surface area contributed by atoms with Crippen LogP contribution in [0.2, 0.25) is 0 Å². The maximum atomic E-state index is 11.8. The highest BCUT2D eigenvalue weighted by atomic mass is 16.7. The number of carbonyl (C=O) groups is 1. The Kier molecular flexibility index (Phi) is 3.54. The Hall–Kier alpha value is -1.39. The summed E-state index contributed by atoms with van der Waals surface area (Å²) in [7, 11) is 0. The van der Waals surface area contributed by atoms with E-state index in [4.69, 9.17) is 9.47 Å². The van der Waals surface area contributed by atoms with Crippen LogP contribution in [-0.4, -0.2) is 25.5 Å². The lowest BCUT2D eigenvalue weighted by molar-refractivity contribution is -0.174. The average Bonchev–Trinajstić information content (AvgIpc) is 2.82. The Morgan fingerprint density at radius 1 is 1.50 bits per heavy atom. The molecular weight excluding hydrogens is 206 g/mol. The van der Waals surface area contributed by atoms with Crippen LogP contribution in [0.25, 0.3) is 0 Å². The van der Waals surface area contributed by atoms with Gasteiger partial charge in [0.2, 0.25) is 0 Å². The Balaban J connectivity index is 1.94. The van der Waals surface area contributed by atoms with Gasteiger partial charge in [0.25, 0.3) is 6.41 Å². The van der Waals surface area contributed by atoms with Crippen LogP contribution >= 0.6 is 0 Å². The molecule has 2 unspecified atom stereocenters. The van der Waals surface area contributed by atoms with Crippen molar-refractivity contribution in [3.05, 3.63) is 35.9 Å². The molecule has 4 nitrogen and oxygen atoms in total. The zero-order chi connectivity index (χ0) is 11.4. The van der Waals surface area contributed by atoms with E-state index in [0.29, 0.717) is 6.61 Å². The van der Waals surface area contributed by atoms with E-state index in [1.165, 1.54) is 0 Å². The van der Waals surface area contributed by atoms with E-state index in [1.54, 1.807) is 0 Å². The van der Waals surface area contributed by atoms with Crippen LogP contribution in [0.15, 0.2) is 30.3 Å². The van der Waals surface area contributed by atoms with Crippen molar-refractivity contribution in [2.24, 2.45) is 0 Å². The molecule has 1 aliphatic rings. The molecule has 0 saturated carbocycles. The van der Waals surface area contributed by atoms with Crippen molar-refractivity contribution < 1.29 is 14.3 Å². The van der Waals surface area contributed by atoms with E-state index < -0.39 is 6.41 Å². The number of esters is 1. The first-order valence-electron chi connectivity index (χ1n) is 5.38. The van der Waals surface area contributed by atoms with Gasteiger partial charge in [0.1, 0.15) is 0 Å². The summed E-state index contributed by atoms with van der Waals surface area (Å²) in [4.78, 5) is 11.8. The summed E-state index contributed by atoms with van der Waals surface area (Å²) in [6.07, 6.45) is -0.585. The number of nitrogens with one attached hydrogen (secondary N) is 1. The van der Waals surface area contributed by atoms with Crippen LogP contribution in [0.1, 0.15) is 18.4 Å². The Bertz CT molecular complexity index is 347. The summed E-state index contributed by atoms with van der Waals surface area (Å²) >= 11 is 0. The highest BCUT2D eigenvalue weighted by Crippen LogP contribution is 2.17. The van der Waals surface area contributed by atoms with Gasteiger partial charge in [-0.05, 0) is 12.5 Å². The minimum atomic E-state index is -0.585. The Labute approximate surface area is 94.6 Å². The molecule has 1 saturated heterocycles. The monoisotopic (exact) mass is 221 g/mol. The first-order chi connectivity index (χ1) is 7.77. The number of benzene rings is 1. The third-order valence-corrected chi connectivity index (χ3v) is 2.56. The SMILES string of the molecule is CC(C(=O)OC1NCCO1)c1ccccc1. The molecular formula is C12H15NO3. The Morgan fingerprint density at radius 3 is 2.88 bits per heavy atom. The van der Waals surface area contributed by atoms with Gasteiger partial charge in [-0.15, -0.1) is 0 Å². The van der Waals surface area contributed by atoms with Crippen molar-refractivity contribution in [2.75, 3.05) is 13.2 Å². The van der Waals surface area contributed by atoms with Crippen molar-refractivity contribution in [2.45, 2.75) is 19.3 Å². The molecule has 1 aliphatic heterocycles. The van der Waals surface area contributed by atoms with Crippen molar-refractivity contribution in [3.8, 4) is 0 Å². The molecule has 0 aliphatic carbocycles. The topological polar surface area (TPSA) is 47.6 Å². The molecule has 4 heteroatoms. The van der Waals surface area contributed by atoms with E-state index in [0.717, 1.165) is 12.1 Å². The van der Waals surface area contributed by atoms with E-state index in [-0.39, 0.29) is 11.9 Å². The quantitative estimate of drug-likeness (QED) is 0.780. The van der Waals surface area contributed by atoms with Gasteiger partial charge in [0.05, 0.1) is 12.5 Å². The standard InChI is InChI=1S/C12H15NO3/c1-9(10-5-3-2-4-6-10)11(14)16-12-13-7-8-15-12/h2-6,9,12-13H,7-8H2,1H3. The molecule has 0 bridgehead atoms. The zero-order valence-corrected chi connectivity index (χ0v) is 9.18. The van der Waals surface area contributed by atoms with Crippen molar-refractivity contribution in [1.82, 2.24) is 5.32 Å². The van der Waals surface area contributed by atoms with Gasteiger partial charge < -0.3 is 9.47 Å². The number of carbonyl (C=O) groups excluding carboxylic acids is 1. The number of ether oxygens (including phenoxy) is 2. The lowest BCUT2D eigenvalue weighted by atomic mass is 10.0. The molecule has 1 fully saturated rings. The second-order valence-electron chi connectivity index (χ2n) is 3.73. The molecule has 2 rings (SSSR count). The van der Waals surface area contributed by atoms with Crippen molar-refractivity contribution in [3.63, 3.8) is 0 Å². The summed E-state index contributed by atoms with van der Waals surface area (Å²) in [5.41, 5.74) is 0.950. The zero-order valence-electron chi connectivity index (χ0n) is 9.18. The molecule has 1 N–H and O–H groups in total. The number of hydrogen-bond donors (Lipinski definition) is 1. The van der Waals surface area contributed by atoms with Gasteiger partial charge in [-0.25, -0.2) is 0 Å². The van der Waals surface area contributed by atoms with Gasteiger partial charge in [-0.1, -0.05) is 30.3 Å². The molecule has 0 aromatic heterocycles. The third kappa shape index (κ3) is 2.59. The molecule has 0 spiro atoms. The lowest BCUT2D eigenvalue weighted by Gasteiger charge is -2.15. The number of hydrogen-bond acceptors (Lipinski definition) is 4. The summed E-state index contributed by atoms with van der Waals surface area (Å²) in [6, 6.07) is 9.56. The van der Waals surface area contributed by atoms with Crippen molar-refractivity contribution in [1.29, 1.82) is 0 Å². The van der Waals surface area contributed by atoms with Crippen LogP contribution in [0.3, 0.4) is 0 Å². The fourth-order valence-corrected chi connectivity index (χ4v) is 1.56. The second-order valence-corrected chi connectivity index (χ2v) is 3.73. The first kappa shape index (κ1) is 11.1. The fraction of sp³-hybridized carbons (Fsp3) is 0.417. The molecule has 2 atom stereocenters. The van der Waals surface area contributed by atoms with E-state index in [2.05, 4.69) is 5.32 Å². The molecule has 1 aromatic carbocycles. The van der Waals surface area contributed by atoms with Gasteiger partial charge in [-0.3, -0.25) is 10.1 Å². The predicted octanol–water partition coefficient (Wildman–Crippen LogP) is 1.24. The van der Waals surface area contributed by atoms with E-state index in [9.17, 15) is 4.79 Å². The highest BCUT2D eigenvalue weighted by molar-refractivity contribution is 5.77. The van der Waals surface area contributed by atoms with Gasteiger partial charge in [0, 0.05) is 6.54 Å². The van der Waals surface area contributed by atoms with Crippen LogP contribution in [0.4, 0.5) is 0 Å². The largest absolute Gasteiger partial charge is 0.421 e. The van der Waals surface area contributed by atoms with E-state index >= 15 is 0 Å². The smallest absolute Gasteiger partial charge is 0.316 e. The maximum Gasteiger partial charge on any atom is 0.316 e. The summed E-state index contributed by atoms with van der Waals surface area (Å²) in [5.74, 6) is -0.544. The average molecular weight is 221 g/mol. The normalized spacial score (nSPS) is 21.7. The predicted molar refractivity (Wildman–Crippen MR) is 58.7 cm³/mol. The maximum absolute atomic E-state index is 11.8. The van der Waals surface area contributed by atoms with E-state index in [1.807, 2.05) is 37.3 Å². The fourth-order valence-electron chi connectivity index (χ4n) is 1.56. The summed E-state index contributed by atoms with van der Waals surface area (Å²) < 4.78 is 10.3. The minimum Gasteiger partial charge on any atom is -0.421 e. The molecule has 1 heterocycles. The van der Waals surface area contributed by atoms with Crippen LogP contribution in [-0.2, 0) is 14.3 Å². The second kappa shape index (κ2) is 5.09. The van der Waals surface area contributed by atoms with Gasteiger partial charge in [-0.2, -0.15) is 0 Å². The van der Waals surface area contributed by atoms with Gasteiger partial charge in [0.15, 0.2) is 0 Å². The van der Waals surface area contributed by atoms with Crippen LogP contribution in [0, 0.1) is 0 Å². The first-order valence-corrected chi connectivity index (χ1v) is 5.38. The Morgan fingerprint density at radius 2 is 2.25 bits per heavy atom. The van der Waals surface area contributed by atoms with Crippen LogP contribution < -0.4 is 5.32 Å². The van der Waals surface area contributed by atoms with Crippen molar-refractivity contribution >= 4 is 5.97 Å². The lowest BCUT2D eigenvalue weighted by Crippen LogP contribution is -2.30. The molecule has 0 amide bonds. The highest BCUT2D eigenvalue weighted by Gasteiger charge is 2.23. The molecule has 0 radical (unpaired) electrons.